The molecule has 2 aromatic rings. The molecule has 2 heteroatoms. The molecule has 0 bridgehead atoms. The molecule has 1 N–H and O–H groups in total. The first-order valence-electron chi connectivity index (χ1n) is 7.14. The first kappa shape index (κ1) is 12.9. The number of benzene rings is 1. The molecule has 0 amide bonds. The average molecular weight is 264 g/mol. The highest BCUT2D eigenvalue weighted by Crippen LogP contribution is 2.23. The first-order valence-corrected chi connectivity index (χ1v) is 7.14. The molecule has 1 aromatic carbocycles. The van der Waals surface area contributed by atoms with Gasteiger partial charge >= 0.3 is 0 Å². The van der Waals surface area contributed by atoms with Gasteiger partial charge in [-0.1, -0.05) is 25.1 Å². The third-order valence-electron chi connectivity index (χ3n) is 3.93. The van der Waals surface area contributed by atoms with Crippen LogP contribution in [0, 0.1) is 12.8 Å². The maximum atomic E-state index is 4.62. The van der Waals surface area contributed by atoms with Crippen LogP contribution in [-0.4, -0.2) is 12.0 Å². The summed E-state index contributed by atoms with van der Waals surface area (Å²) in [5.41, 5.74) is 4.85. The largest absolute Gasteiger partial charge is 0.388 e. The Bertz CT molecular complexity index is 759. The van der Waals surface area contributed by atoms with E-state index in [0.29, 0.717) is 5.92 Å². The van der Waals surface area contributed by atoms with E-state index in [1.807, 2.05) is 13.2 Å². The molecule has 0 fully saturated rings. The van der Waals surface area contributed by atoms with Crippen LogP contribution in [0.4, 0.5) is 5.69 Å². The maximum Gasteiger partial charge on any atom is 0.0662 e. The van der Waals surface area contributed by atoms with Crippen molar-refractivity contribution < 1.29 is 0 Å². The van der Waals surface area contributed by atoms with Crippen LogP contribution in [-0.2, 0) is 0 Å². The zero-order valence-electron chi connectivity index (χ0n) is 12.3. The summed E-state index contributed by atoms with van der Waals surface area (Å²) in [6.07, 6.45) is 7.64. The van der Waals surface area contributed by atoms with E-state index in [1.165, 1.54) is 27.6 Å². The Kier molecular flexibility index (Phi) is 3.31. The predicted octanol–water partition coefficient (Wildman–Crippen LogP) is 2.70. The minimum absolute atomic E-state index is 0.595. The van der Waals surface area contributed by atoms with Crippen LogP contribution in [0.25, 0.3) is 23.3 Å². The van der Waals surface area contributed by atoms with E-state index in [4.69, 9.17) is 0 Å². The molecule has 3 rings (SSSR count). The highest BCUT2D eigenvalue weighted by atomic mass is 14.8. The second-order valence-electron chi connectivity index (χ2n) is 5.56. The van der Waals surface area contributed by atoms with Crippen molar-refractivity contribution in [2.75, 3.05) is 12.4 Å². The monoisotopic (exact) mass is 264 g/mol. The van der Waals surface area contributed by atoms with Gasteiger partial charge in [0.15, 0.2) is 0 Å². The second kappa shape index (κ2) is 5.12. The van der Waals surface area contributed by atoms with E-state index in [9.17, 15) is 0 Å². The number of nitrogens with one attached hydrogen (secondary N) is 1. The summed E-state index contributed by atoms with van der Waals surface area (Å²) in [4.78, 5) is 4.62. The molecule has 0 aliphatic heterocycles. The Hall–Kier alpha value is -2.09. The summed E-state index contributed by atoms with van der Waals surface area (Å²) in [5, 5.41) is 5.58. The van der Waals surface area contributed by atoms with Gasteiger partial charge in [0.05, 0.1) is 5.35 Å². The third-order valence-corrected chi connectivity index (χ3v) is 3.93. The molecule has 1 atom stereocenters. The molecule has 1 unspecified atom stereocenters. The van der Waals surface area contributed by atoms with Gasteiger partial charge in [0.2, 0.25) is 0 Å². The molecule has 1 aliphatic carbocycles. The van der Waals surface area contributed by atoms with Crippen molar-refractivity contribution in [3.63, 3.8) is 0 Å². The van der Waals surface area contributed by atoms with E-state index >= 15 is 0 Å². The lowest BCUT2D eigenvalue weighted by atomic mass is 9.99. The van der Waals surface area contributed by atoms with Gasteiger partial charge in [0.25, 0.3) is 0 Å². The molecule has 0 spiro atoms. The van der Waals surface area contributed by atoms with Crippen molar-refractivity contribution in [2.24, 2.45) is 5.92 Å². The van der Waals surface area contributed by atoms with E-state index in [-0.39, 0.29) is 0 Å². The van der Waals surface area contributed by atoms with Gasteiger partial charge in [-0.05, 0) is 53.8 Å². The van der Waals surface area contributed by atoms with Gasteiger partial charge in [-0.15, -0.1) is 0 Å². The molecule has 1 heterocycles. The van der Waals surface area contributed by atoms with Crippen LogP contribution in [0.3, 0.4) is 0 Å². The molecule has 1 aromatic heterocycles. The normalized spacial score (nSPS) is 16.9. The van der Waals surface area contributed by atoms with Gasteiger partial charge in [-0.2, -0.15) is 0 Å². The molecular weight excluding hydrogens is 244 g/mol. The summed E-state index contributed by atoms with van der Waals surface area (Å²) in [5.74, 6) is 0.595. The van der Waals surface area contributed by atoms with E-state index in [0.717, 1.165) is 11.8 Å². The summed E-state index contributed by atoms with van der Waals surface area (Å²) >= 11 is 0. The highest BCUT2D eigenvalue weighted by molar-refractivity contribution is 5.68. The molecule has 102 valence electrons. The number of hydrogen-bond acceptors (Lipinski definition) is 2. The van der Waals surface area contributed by atoms with Gasteiger partial charge in [0.1, 0.15) is 0 Å². The number of pyridine rings is 1. The fourth-order valence-corrected chi connectivity index (χ4v) is 2.73. The van der Waals surface area contributed by atoms with Gasteiger partial charge < -0.3 is 5.32 Å². The number of fused-ring (bicyclic) bond motifs is 1. The van der Waals surface area contributed by atoms with E-state index in [2.05, 4.69) is 60.6 Å². The fraction of sp³-hybridized carbons (Fsp3) is 0.278. The average Bonchev–Trinajstić information content (AvgIpc) is 2.46. The first-order chi connectivity index (χ1) is 9.67. The van der Waals surface area contributed by atoms with Gasteiger partial charge in [-0.3, -0.25) is 4.98 Å². The minimum atomic E-state index is 0.595. The number of aromatic nitrogens is 1. The number of hydrogen-bond donors (Lipinski definition) is 1. The lowest BCUT2D eigenvalue weighted by Crippen LogP contribution is -2.31. The summed E-state index contributed by atoms with van der Waals surface area (Å²) in [7, 11) is 1.95. The number of rotatable bonds is 2. The van der Waals surface area contributed by atoms with E-state index < -0.39 is 0 Å². The van der Waals surface area contributed by atoms with Crippen LogP contribution in [0.15, 0.2) is 30.5 Å². The second-order valence-corrected chi connectivity index (χ2v) is 5.56. The van der Waals surface area contributed by atoms with Gasteiger partial charge in [0, 0.05) is 24.5 Å². The Morgan fingerprint density at radius 3 is 2.80 bits per heavy atom. The molecule has 0 saturated carbocycles. The Morgan fingerprint density at radius 1 is 1.20 bits per heavy atom. The SMILES string of the molecule is CNc1ccc(-c2cnc3c(c2)=CCC(C)C=3)cc1C. The van der Waals surface area contributed by atoms with E-state index in [1.54, 1.807) is 0 Å². The van der Waals surface area contributed by atoms with Crippen molar-refractivity contribution in [2.45, 2.75) is 20.3 Å². The quantitative estimate of drug-likeness (QED) is 0.902. The third kappa shape index (κ3) is 2.34. The van der Waals surface area contributed by atoms with Crippen LogP contribution in [0.5, 0.6) is 0 Å². The van der Waals surface area contributed by atoms with Crippen LogP contribution >= 0.6 is 0 Å². The predicted molar refractivity (Wildman–Crippen MR) is 85.9 cm³/mol. The van der Waals surface area contributed by atoms with Crippen LogP contribution in [0.1, 0.15) is 18.9 Å². The number of aryl methyl sites for hydroxylation is 1. The van der Waals surface area contributed by atoms with Crippen molar-refractivity contribution in [3.05, 3.63) is 46.6 Å². The Labute approximate surface area is 119 Å². The number of nitrogens with zero attached hydrogens (tertiary/aromatic N) is 1. The lowest BCUT2D eigenvalue weighted by molar-refractivity contribution is 0.795. The number of anilines is 1. The zero-order valence-corrected chi connectivity index (χ0v) is 12.3. The molecule has 2 nitrogen and oxygen atoms in total. The Morgan fingerprint density at radius 2 is 2.05 bits per heavy atom. The molecule has 0 radical (unpaired) electrons. The Balaban J connectivity index is 2.08. The molecule has 20 heavy (non-hydrogen) atoms. The van der Waals surface area contributed by atoms with Crippen LogP contribution in [0.2, 0.25) is 0 Å². The fourth-order valence-electron chi connectivity index (χ4n) is 2.73. The van der Waals surface area contributed by atoms with Crippen molar-refractivity contribution in [3.8, 4) is 11.1 Å². The highest BCUT2D eigenvalue weighted by Gasteiger charge is 2.05. The molecule has 0 saturated heterocycles. The van der Waals surface area contributed by atoms with Gasteiger partial charge in [-0.25, -0.2) is 0 Å². The van der Waals surface area contributed by atoms with Crippen molar-refractivity contribution >= 4 is 17.8 Å². The lowest BCUT2D eigenvalue weighted by Gasteiger charge is -2.10. The summed E-state index contributed by atoms with van der Waals surface area (Å²) in [6, 6.07) is 8.74. The summed E-state index contributed by atoms with van der Waals surface area (Å²) in [6.45, 7) is 4.36. The molecule has 1 aliphatic rings. The standard InChI is InChI=1S/C18H20N2/c1-12-4-5-15-10-16(11-20-18(15)8-12)14-6-7-17(19-3)13(2)9-14/h5-12,19H,4H2,1-3H3. The zero-order chi connectivity index (χ0) is 14.1. The molecular formula is C18H20N2. The smallest absolute Gasteiger partial charge is 0.0662 e. The summed E-state index contributed by atoms with van der Waals surface area (Å²) < 4.78 is 0. The van der Waals surface area contributed by atoms with Crippen molar-refractivity contribution in [1.29, 1.82) is 0 Å². The topological polar surface area (TPSA) is 24.9 Å². The van der Waals surface area contributed by atoms with Crippen molar-refractivity contribution in [1.82, 2.24) is 4.98 Å². The minimum Gasteiger partial charge on any atom is -0.388 e. The van der Waals surface area contributed by atoms with Crippen LogP contribution < -0.4 is 15.9 Å². The maximum absolute atomic E-state index is 4.62.